The third-order valence-electron chi connectivity index (χ3n) is 7.79. The summed E-state index contributed by atoms with van der Waals surface area (Å²) in [7, 11) is 3.15. The van der Waals surface area contributed by atoms with E-state index < -0.39 is 17.1 Å². The molecule has 0 bridgehead atoms. The normalized spacial score (nSPS) is 11.6. The Morgan fingerprint density at radius 3 is 2.26 bits per heavy atom. The minimum Gasteiger partial charge on any atom is -0.493 e. The number of ether oxygens (including phenoxy) is 2. The average molecular weight is 806 g/mol. The van der Waals surface area contributed by atoms with E-state index >= 15 is 0 Å². The zero-order valence-corrected chi connectivity index (χ0v) is 31.8. The van der Waals surface area contributed by atoms with Crippen molar-refractivity contribution in [3.63, 3.8) is 0 Å². The van der Waals surface area contributed by atoms with E-state index in [9.17, 15) is 14.4 Å². The number of nitrogens with zero attached hydrogens (tertiary/aromatic N) is 1. The quantitative estimate of drug-likeness (QED) is 0.0787. The van der Waals surface area contributed by atoms with E-state index in [0.717, 1.165) is 26.1 Å². The molecule has 6 rings (SSSR count). The highest BCUT2D eigenvalue weighted by molar-refractivity contribution is 9.10. The summed E-state index contributed by atoms with van der Waals surface area (Å²) in [6, 6.07) is 38.3. The van der Waals surface area contributed by atoms with Crippen molar-refractivity contribution in [2.24, 2.45) is 0 Å². The highest BCUT2D eigenvalue weighted by Crippen LogP contribution is 2.38. The molecule has 0 radical (unpaired) electrons. The summed E-state index contributed by atoms with van der Waals surface area (Å²) in [4.78, 5) is 46.1. The molecule has 5 aromatic carbocycles. The van der Waals surface area contributed by atoms with Crippen molar-refractivity contribution < 1.29 is 23.9 Å². The van der Waals surface area contributed by atoms with Gasteiger partial charge in [0.2, 0.25) is 5.91 Å². The number of benzene rings is 5. The van der Waals surface area contributed by atoms with Crippen LogP contribution in [0.5, 0.6) is 11.5 Å². The largest absolute Gasteiger partial charge is 0.493 e. The summed E-state index contributed by atoms with van der Waals surface area (Å²) in [5, 5.41) is 10.4. The van der Waals surface area contributed by atoms with Crippen LogP contribution < -0.4 is 25.4 Å². The molecule has 1 heterocycles. The molecular formula is C41H33BrN4O5S2. The second-order valence-corrected chi connectivity index (χ2v) is 14.4. The van der Waals surface area contributed by atoms with Gasteiger partial charge in [-0.15, -0.1) is 23.1 Å². The molecule has 0 aliphatic carbocycles. The smallest absolute Gasteiger partial charge is 0.272 e. The van der Waals surface area contributed by atoms with Crippen LogP contribution in [-0.4, -0.2) is 36.9 Å². The number of thioether (sulfide) groups is 1. The van der Waals surface area contributed by atoms with Crippen LogP contribution in [0, 0.1) is 0 Å². The van der Waals surface area contributed by atoms with Gasteiger partial charge >= 0.3 is 0 Å². The molecule has 6 aromatic rings. The first-order chi connectivity index (χ1) is 25.8. The zero-order valence-electron chi connectivity index (χ0n) is 28.5. The lowest BCUT2D eigenvalue weighted by atomic mass is 10.1. The highest BCUT2D eigenvalue weighted by Gasteiger charge is 2.24. The van der Waals surface area contributed by atoms with Crippen molar-refractivity contribution in [1.82, 2.24) is 10.3 Å². The number of rotatable bonds is 13. The van der Waals surface area contributed by atoms with Crippen LogP contribution in [0.25, 0.3) is 17.3 Å². The van der Waals surface area contributed by atoms with Crippen molar-refractivity contribution in [1.29, 1.82) is 0 Å². The van der Waals surface area contributed by atoms with Gasteiger partial charge < -0.3 is 25.4 Å². The Kier molecular flexibility index (Phi) is 12.4. The molecule has 12 heteroatoms. The maximum Gasteiger partial charge on any atom is 0.272 e. The summed E-state index contributed by atoms with van der Waals surface area (Å²) in [5.41, 5.74) is 3.99. The average Bonchev–Trinajstić information content (AvgIpc) is 3.65. The van der Waals surface area contributed by atoms with Crippen molar-refractivity contribution in [2.75, 3.05) is 24.9 Å². The number of anilines is 2. The first-order valence-electron chi connectivity index (χ1n) is 16.2. The van der Waals surface area contributed by atoms with Crippen molar-refractivity contribution in [2.45, 2.75) is 10.1 Å². The topological polar surface area (TPSA) is 119 Å². The Labute approximate surface area is 323 Å². The molecule has 3 amide bonds. The van der Waals surface area contributed by atoms with Crippen LogP contribution >= 0.6 is 39.0 Å². The second kappa shape index (κ2) is 17.7. The molecule has 0 aliphatic heterocycles. The van der Waals surface area contributed by atoms with Crippen molar-refractivity contribution >= 4 is 73.6 Å². The van der Waals surface area contributed by atoms with Crippen molar-refractivity contribution in [3.8, 4) is 22.8 Å². The summed E-state index contributed by atoms with van der Waals surface area (Å²) >= 11 is 6.12. The minimum atomic E-state index is -0.646. The summed E-state index contributed by atoms with van der Waals surface area (Å²) in [6.07, 6.45) is 1.62. The van der Waals surface area contributed by atoms with Gasteiger partial charge in [-0.05, 0) is 77.9 Å². The van der Waals surface area contributed by atoms with Gasteiger partial charge in [-0.2, -0.15) is 0 Å². The summed E-state index contributed by atoms with van der Waals surface area (Å²) in [5.74, 6) is 0.00322. The Hall–Kier alpha value is -5.69. The number of amides is 3. The van der Waals surface area contributed by atoms with Gasteiger partial charge in [-0.1, -0.05) is 82.7 Å². The van der Waals surface area contributed by atoms with Gasteiger partial charge in [0.1, 0.15) is 10.9 Å². The van der Waals surface area contributed by atoms with E-state index in [1.165, 1.54) is 23.1 Å². The van der Waals surface area contributed by atoms with E-state index in [2.05, 4.69) is 36.9 Å². The molecule has 266 valence electrons. The third-order valence-corrected chi connectivity index (χ3v) is 10.3. The number of nitrogens with one attached hydrogen (secondary N) is 3. The van der Waals surface area contributed by atoms with E-state index in [0.29, 0.717) is 33.6 Å². The maximum atomic E-state index is 13.9. The van der Waals surface area contributed by atoms with Gasteiger partial charge in [-0.3, -0.25) is 14.4 Å². The molecule has 0 saturated heterocycles. The van der Waals surface area contributed by atoms with Gasteiger partial charge in [0, 0.05) is 31.6 Å². The lowest BCUT2D eigenvalue weighted by molar-refractivity contribution is -0.116. The van der Waals surface area contributed by atoms with Crippen LogP contribution in [0.2, 0.25) is 0 Å². The molecule has 1 unspecified atom stereocenters. The van der Waals surface area contributed by atoms with Crippen LogP contribution in [0.3, 0.4) is 0 Å². The summed E-state index contributed by atoms with van der Waals surface area (Å²) < 4.78 is 11.6. The van der Waals surface area contributed by atoms with Crippen LogP contribution in [0.1, 0.15) is 26.7 Å². The maximum absolute atomic E-state index is 13.9. The Morgan fingerprint density at radius 1 is 0.792 bits per heavy atom. The number of carbonyl (C=O) groups excluding carboxylic acids is 3. The number of hydrogen-bond donors (Lipinski definition) is 3. The zero-order chi connectivity index (χ0) is 37.2. The number of aromatic nitrogens is 1. The lowest BCUT2D eigenvalue weighted by Crippen LogP contribution is -2.30. The van der Waals surface area contributed by atoms with Gasteiger partial charge in [0.05, 0.1) is 19.9 Å². The highest BCUT2D eigenvalue weighted by atomic mass is 79.9. The van der Waals surface area contributed by atoms with E-state index in [4.69, 9.17) is 9.47 Å². The predicted molar refractivity (Wildman–Crippen MR) is 215 cm³/mol. The number of carbonyl (C=O) groups is 3. The number of halogens is 1. The Balaban J connectivity index is 1.21. The molecule has 0 spiro atoms. The molecular weight excluding hydrogens is 773 g/mol. The second-order valence-electron chi connectivity index (χ2n) is 11.4. The fraction of sp³-hybridized carbons (Fsp3) is 0.0732. The third kappa shape index (κ3) is 9.80. The monoisotopic (exact) mass is 804 g/mol. The van der Waals surface area contributed by atoms with Crippen LogP contribution in [0.15, 0.2) is 148 Å². The molecule has 0 aliphatic rings. The lowest BCUT2D eigenvalue weighted by Gasteiger charge is -2.17. The number of thiazole rings is 1. The fourth-order valence-corrected chi connectivity index (χ4v) is 7.44. The molecule has 0 fully saturated rings. The first kappa shape index (κ1) is 37.1. The van der Waals surface area contributed by atoms with Crippen molar-refractivity contribution in [3.05, 3.63) is 160 Å². The minimum absolute atomic E-state index is 0.0625. The standard InChI is InChI=1S/C41H33BrN4O5S2/c1-50-35-20-19-29(23-36(35)51-2)34-25-52-41(45-34)46-40(49)37(27-12-5-3-6-13-27)53-32-18-10-17-31(24-32)43-39(48)33(22-26-11-9-16-30(42)21-26)44-38(47)28-14-7-4-8-15-28/h3-25,37H,1-2H3,(H,43,48)(H,44,47)(H,45,46,49)/b33-22+. The molecule has 0 saturated carbocycles. The SMILES string of the molecule is COc1ccc(-c2csc(NC(=O)C(Sc3cccc(NC(=O)/C(=C\c4cccc(Br)c4)NC(=O)c4ccccc4)c3)c3ccccc3)n2)cc1OC. The molecule has 1 atom stereocenters. The number of hydrogen-bond acceptors (Lipinski definition) is 8. The Morgan fingerprint density at radius 2 is 1.53 bits per heavy atom. The van der Waals surface area contributed by atoms with E-state index in [-0.39, 0.29) is 11.6 Å². The Bertz CT molecular complexity index is 2260. The van der Waals surface area contributed by atoms with E-state index in [1.807, 2.05) is 90.3 Å². The molecule has 9 nitrogen and oxygen atoms in total. The van der Waals surface area contributed by atoms with Crippen LogP contribution in [-0.2, 0) is 9.59 Å². The van der Waals surface area contributed by atoms with Gasteiger partial charge in [-0.25, -0.2) is 4.98 Å². The van der Waals surface area contributed by atoms with Crippen LogP contribution in [0.4, 0.5) is 10.8 Å². The van der Waals surface area contributed by atoms with Gasteiger partial charge in [0.15, 0.2) is 16.6 Å². The molecule has 3 N–H and O–H groups in total. The predicted octanol–water partition coefficient (Wildman–Crippen LogP) is 9.47. The van der Waals surface area contributed by atoms with E-state index in [1.54, 1.807) is 62.8 Å². The summed E-state index contributed by atoms with van der Waals surface area (Å²) in [6.45, 7) is 0. The number of methoxy groups -OCH3 is 2. The molecule has 1 aromatic heterocycles. The first-order valence-corrected chi connectivity index (χ1v) is 18.8. The molecule has 53 heavy (non-hydrogen) atoms. The van der Waals surface area contributed by atoms with Gasteiger partial charge in [0.25, 0.3) is 11.8 Å². The fourth-order valence-electron chi connectivity index (χ4n) is 5.22.